The van der Waals surface area contributed by atoms with Crippen molar-refractivity contribution in [3.63, 3.8) is 0 Å². The fraction of sp³-hybridized carbons (Fsp3) is 0.333. The number of nitrogens with one attached hydrogen (secondary N) is 2. The van der Waals surface area contributed by atoms with Crippen LogP contribution in [-0.4, -0.2) is 26.7 Å². The molecule has 6 nitrogen and oxygen atoms in total. The van der Waals surface area contributed by atoms with Gasteiger partial charge < -0.3 is 5.32 Å². The molecule has 1 heterocycles. The Balaban J connectivity index is 1.88. The molecule has 1 amide bonds. The Morgan fingerprint density at radius 3 is 2.35 bits per heavy atom. The Hall–Kier alpha value is -2.03. The molecule has 2 rings (SSSR count). The molecule has 0 fully saturated rings. The molecule has 26 heavy (non-hydrogen) atoms. The van der Waals surface area contributed by atoms with Crippen molar-refractivity contribution in [1.82, 2.24) is 4.72 Å². The molecule has 0 bridgehead atoms. The lowest BCUT2D eigenvalue weighted by atomic mass is 10.2. The SMILES string of the molecule is CC(C)CNS(=O)(=O)c1ccc(NC(=O)CCC(=O)c2cccs2)cc1. The van der Waals surface area contributed by atoms with Crippen LogP contribution in [0.3, 0.4) is 0 Å². The molecule has 0 radical (unpaired) electrons. The van der Waals surface area contributed by atoms with E-state index in [4.69, 9.17) is 0 Å². The van der Waals surface area contributed by atoms with Crippen LogP contribution in [0, 0.1) is 5.92 Å². The molecule has 0 saturated heterocycles. The highest BCUT2D eigenvalue weighted by Crippen LogP contribution is 2.16. The quantitative estimate of drug-likeness (QED) is 0.639. The number of rotatable bonds is 9. The number of carbonyl (C=O) groups is 2. The molecule has 0 saturated carbocycles. The highest BCUT2D eigenvalue weighted by atomic mass is 32.2. The van der Waals surface area contributed by atoms with Gasteiger partial charge in [0.25, 0.3) is 0 Å². The van der Waals surface area contributed by atoms with Crippen molar-refractivity contribution < 1.29 is 18.0 Å². The second kappa shape index (κ2) is 9.07. The van der Waals surface area contributed by atoms with Crippen LogP contribution in [0.5, 0.6) is 0 Å². The van der Waals surface area contributed by atoms with Gasteiger partial charge in [0.2, 0.25) is 15.9 Å². The second-order valence-electron chi connectivity index (χ2n) is 6.22. The minimum Gasteiger partial charge on any atom is -0.326 e. The average molecular weight is 395 g/mol. The van der Waals surface area contributed by atoms with Crippen LogP contribution < -0.4 is 10.0 Å². The lowest BCUT2D eigenvalue weighted by Gasteiger charge is -2.10. The number of sulfonamides is 1. The number of carbonyl (C=O) groups excluding carboxylic acids is 2. The fourth-order valence-electron chi connectivity index (χ4n) is 2.09. The van der Waals surface area contributed by atoms with Crippen molar-refractivity contribution in [1.29, 1.82) is 0 Å². The Morgan fingerprint density at radius 1 is 1.08 bits per heavy atom. The minimum atomic E-state index is -3.55. The molecule has 8 heteroatoms. The predicted octanol–water partition coefficient (Wildman–Crippen LogP) is 3.28. The van der Waals surface area contributed by atoms with E-state index in [9.17, 15) is 18.0 Å². The molecular weight excluding hydrogens is 372 g/mol. The van der Waals surface area contributed by atoms with Gasteiger partial charge in [-0.3, -0.25) is 9.59 Å². The number of benzene rings is 1. The van der Waals surface area contributed by atoms with Crippen LogP contribution in [-0.2, 0) is 14.8 Å². The summed E-state index contributed by atoms with van der Waals surface area (Å²) in [5.74, 6) is -0.142. The maximum Gasteiger partial charge on any atom is 0.240 e. The van der Waals surface area contributed by atoms with Crippen LogP contribution >= 0.6 is 11.3 Å². The summed E-state index contributed by atoms with van der Waals surface area (Å²) in [6.07, 6.45) is 0.213. The van der Waals surface area contributed by atoms with Crippen molar-refractivity contribution >= 4 is 38.7 Å². The molecule has 0 aliphatic carbocycles. The first-order valence-corrected chi connectivity index (χ1v) is 10.6. The van der Waals surface area contributed by atoms with E-state index >= 15 is 0 Å². The number of Topliss-reactive ketones (excluding diaryl/α,β-unsaturated/α-hetero) is 1. The molecule has 2 aromatic rings. The Bertz CT molecular complexity index is 842. The molecule has 0 aliphatic rings. The number of anilines is 1. The largest absolute Gasteiger partial charge is 0.326 e. The first kappa shape index (κ1) is 20.3. The number of hydrogen-bond acceptors (Lipinski definition) is 5. The van der Waals surface area contributed by atoms with E-state index < -0.39 is 10.0 Å². The fourth-order valence-corrected chi connectivity index (χ4v) is 4.00. The van der Waals surface area contributed by atoms with Gasteiger partial charge in [0.1, 0.15) is 0 Å². The summed E-state index contributed by atoms with van der Waals surface area (Å²) >= 11 is 1.35. The molecule has 1 aromatic heterocycles. The third-order valence-corrected chi connectivity index (χ3v) is 5.86. The normalized spacial score (nSPS) is 11.5. The van der Waals surface area contributed by atoms with Gasteiger partial charge in [-0.05, 0) is 41.6 Å². The van der Waals surface area contributed by atoms with Gasteiger partial charge in [-0.15, -0.1) is 11.3 Å². The van der Waals surface area contributed by atoms with E-state index in [0.717, 1.165) is 0 Å². The lowest BCUT2D eigenvalue weighted by Crippen LogP contribution is -2.27. The van der Waals surface area contributed by atoms with Crippen LogP contribution in [0.1, 0.15) is 36.4 Å². The van der Waals surface area contributed by atoms with Gasteiger partial charge in [-0.1, -0.05) is 19.9 Å². The number of amides is 1. The summed E-state index contributed by atoms with van der Waals surface area (Å²) in [4.78, 5) is 24.6. The maximum atomic E-state index is 12.1. The van der Waals surface area contributed by atoms with Crippen molar-refractivity contribution in [3.05, 3.63) is 46.7 Å². The minimum absolute atomic E-state index is 0.0622. The smallest absolute Gasteiger partial charge is 0.240 e. The van der Waals surface area contributed by atoms with Crippen LogP contribution in [0.4, 0.5) is 5.69 Å². The molecule has 0 unspecified atom stereocenters. The summed E-state index contributed by atoms with van der Waals surface area (Å²) in [5, 5.41) is 4.49. The predicted molar refractivity (Wildman–Crippen MR) is 103 cm³/mol. The molecule has 0 atom stereocenters. The summed E-state index contributed by atoms with van der Waals surface area (Å²) < 4.78 is 26.8. The average Bonchev–Trinajstić information content (AvgIpc) is 3.13. The topological polar surface area (TPSA) is 92.3 Å². The van der Waals surface area contributed by atoms with E-state index in [1.165, 1.54) is 35.6 Å². The van der Waals surface area contributed by atoms with Crippen molar-refractivity contribution in [2.45, 2.75) is 31.6 Å². The van der Waals surface area contributed by atoms with E-state index in [2.05, 4.69) is 10.0 Å². The Morgan fingerprint density at radius 2 is 1.77 bits per heavy atom. The first-order valence-electron chi connectivity index (χ1n) is 8.24. The van der Waals surface area contributed by atoms with Gasteiger partial charge in [-0.25, -0.2) is 13.1 Å². The third-order valence-electron chi connectivity index (χ3n) is 3.51. The van der Waals surface area contributed by atoms with Gasteiger partial charge in [-0.2, -0.15) is 0 Å². The molecule has 0 aliphatic heterocycles. The van der Waals surface area contributed by atoms with Gasteiger partial charge in [0.05, 0.1) is 9.77 Å². The maximum absolute atomic E-state index is 12.1. The van der Waals surface area contributed by atoms with Crippen LogP contribution in [0.2, 0.25) is 0 Å². The highest BCUT2D eigenvalue weighted by molar-refractivity contribution is 7.89. The standard InChI is InChI=1S/C18H22N2O4S2/c1-13(2)12-19-26(23,24)15-7-5-14(6-8-15)20-18(22)10-9-16(21)17-4-3-11-25-17/h3-8,11,13,19H,9-10,12H2,1-2H3,(H,20,22). The summed E-state index contributed by atoms with van der Waals surface area (Å²) in [7, 11) is -3.55. The first-order chi connectivity index (χ1) is 12.3. The van der Waals surface area contributed by atoms with E-state index in [-0.39, 0.29) is 35.3 Å². The lowest BCUT2D eigenvalue weighted by molar-refractivity contribution is -0.116. The Labute approximate surface area is 157 Å². The van der Waals surface area contributed by atoms with E-state index in [0.29, 0.717) is 17.1 Å². The zero-order valence-electron chi connectivity index (χ0n) is 14.7. The number of ketones is 1. The van der Waals surface area contributed by atoms with Crippen LogP contribution in [0.15, 0.2) is 46.7 Å². The van der Waals surface area contributed by atoms with E-state index in [1.807, 2.05) is 19.2 Å². The zero-order valence-corrected chi connectivity index (χ0v) is 16.3. The van der Waals surface area contributed by atoms with E-state index in [1.54, 1.807) is 12.1 Å². The second-order valence-corrected chi connectivity index (χ2v) is 8.93. The molecule has 2 N–H and O–H groups in total. The van der Waals surface area contributed by atoms with Gasteiger partial charge in [0.15, 0.2) is 5.78 Å². The zero-order chi connectivity index (χ0) is 19.2. The third kappa shape index (κ3) is 6.05. The summed E-state index contributed by atoms with van der Waals surface area (Å²) in [6, 6.07) is 9.47. The van der Waals surface area contributed by atoms with Crippen molar-refractivity contribution in [3.8, 4) is 0 Å². The monoisotopic (exact) mass is 394 g/mol. The Kier molecular flexibility index (Phi) is 7.07. The van der Waals surface area contributed by atoms with Crippen LogP contribution in [0.25, 0.3) is 0 Å². The molecule has 1 aromatic carbocycles. The molecular formula is C18H22N2O4S2. The number of thiophene rings is 1. The van der Waals surface area contributed by atoms with Crippen molar-refractivity contribution in [2.75, 3.05) is 11.9 Å². The molecule has 140 valence electrons. The molecule has 0 spiro atoms. The van der Waals surface area contributed by atoms with Gasteiger partial charge in [0, 0.05) is 25.1 Å². The highest BCUT2D eigenvalue weighted by Gasteiger charge is 2.14. The summed E-state index contributed by atoms with van der Waals surface area (Å²) in [5.41, 5.74) is 0.487. The number of hydrogen-bond donors (Lipinski definition) is 2. The van der Waals surface area contributed by atoms with Gasteiger partial charge >= 0.3 is 0 Å². The summed E-state index contributed by atoms with van der Waals surface area (Å²) in [6.45, 7) is 4.20. The van der Waals surface area contributed by atoms with Crippen molar-refractivity contribution in [2.24, 2.45) is 5.92 Å².